The summed E-state index contributed by atoms with van der Waals surface area (Å²) in [6, 6.07) is 6.70. The Bertz CT molecular complexity index is 479. The van der Waals surface area contributed by atoms with Crippen LogP contribution in [0.4, 0.5) is 5.69 Å². The topological polar surface area (TPSA) is 119 Å². The highest BCUT2D eigenvalue weighted by molar-refractivity contribution is 7.07. The Kier molecular flexibility index (Phi) is 8.38. The zero-order valence-corrected chi connectivity index (χ0v) is 11.1. The van der Waals surface area contributed by atoms with E-state index in [1.54, 1.807) is 47.3 Å². The van der Waals surface area contributed by atoms with Crippen molar-refractivity contribution in [2.24, 2.45) is 5.73 Å². The minimum absolute atomic E-state index is 0.377. The van der Waals surface area contributed by atoms with Crippen molar-refractivity contribution in [3.63, 3.8) is 0 Å². The van der Waals surface area contributed by atoms with E-state index in [1.807, 2.05) is 5.38 Å². The van der Waals surface area contributed by atoms with E-state index in [0.717, 1.165) is 6.92 Å². The summed E-state index contributed by atoms with van der Waals surface area (Å²) in [7, 11) is 0. The Morgan fingerprint density at radius 2 is 1.89 bits per heavy atom. The molecule has 0 spiro atoms. The number of nitrogens with zero attached hydrogens (tertiary/aromatic N) is 1. The largest absolute Gasteiger partial charge is 0.481 e. The predicted octanol–water partition coefficient (Wildman–Crippen LogP) is 1.60. The van der Waals surface area contributed by atoms with Crippen molar-refractivity contribution in [1.82, 2.24) is 4.98 Å². The monoisotopic (exact) mass is 281 g/mol. The smallest absolute Gasteiger partial charge is 0.300 e. The quantitative estimate of drug-likeness (QED) is 0.686. The highest BCUT2D eigenvalue weighted by atomic mass is 32.1. The molecular formula is C12H15N3O3S. The van der Waals surface area contributed by atoms with Crippen molar-refractivity contribution < 1.29 is 14.7 Å². The molecular weight excluding hydrogens is 266 g/mol. The Balaban J connectivity index is 0.000000300. The predicted molar refractivity (Wildman–Crippen MR) is 74.8 cm³/mol. The van der Waals surface area contributed by atoms with Gasteiger partial charge in [-0.3, -0.25) is 14.6 Å². The molecule has 0 saturated carbocycles. The summed E-state index contributed by atoms with van der Waals surface area (Å²) in [5, 5.41) is 9.35. The second-order valence-corrected chi connectivity index (χ2v) is 3.90. The standard InChI is InChI=1S/C7H8N2O.C3H3NS.C2H4O2/c8-6-4-2-1-3-5(6)7(9)10;1-2-5-3-4-1;1-2(3)4/h1-4H,8H2,(H2,9,10);1-3H;1H3,(H,3,4). The zero-order chi connectivity index (χ0) is 14.7. The molecule has 2 rings (SSSR count). The molecule has 5 N–H and O–H groups in total. The first-order chi connectivity index (χ1) is 8.95. The number of benzene rings is 1. The van der Waals surface area contributed by atoms with Crippen molar-refractivity contribution in [3.05, 3.63) is 46.9 Å². The molecule has 1 aromatic heterocycles. The lowest BCUT2D eigenvalue weighted by Crippen LogP contribution is -2.12. The molecule has 1 aromatic carbocycles. The summed E-state index contributed by atoms with van der Waals surface area (Å²) < 4.78 is 0. The van der Waals surface area contributed by atoms with Crippen LogP contribution in [0.15, 0.2) is 41.4 Å². The number of hydrogen-bond acceptors (Lipinski definition) is 5. The Morgan fingerprint density at radius 1 is 1.32 bits per heavy atom. The fourth-order valence-electron chi connectivity index (χ4n) is 0.897. The number of primary amides is 1. The third-order valence-electron chi connectivity index (χ3n) is 1.57. The molecule has 0 unspecified atom stereocenters. The Morgan fingerprint density at radius 3 is 2.16 bits per heavy atom. The molecule has 19 heavy (non-hydrogen) atoms. The molecule has 0 saturated heterocycles. The van der Waals surface area contributed by atoms with Gasteiger partial charge in [0.15, 0.2) is 0 Å². The molecule has 0 aliphatic carbocycles. The van der Waals surface area contributed by atoms with Crippen molar-refractivity contribution in [1.29, 1.82) is 0 Å². The fourth-order valence-corrected chi connectivity index (χ4v) is 1.25. The van der Waals surface area contributed by atoms with Gasteiger partial charge in [0.05, 0.1) is 11.1 Å². The van der Waals surface area contributed by atoms with Gasteiger partial charge in [-0.05, 0) is 12.1 Å². The van der Waals surface area contributed by atoms with Gasteiger partial charge < -0.3 is 16.6 Å². The summed E-state index contributed by atoms with van der Waals surface area (Å²) in [6.07, 6.45) is 1.77. The fraction of sp³-hybridized carbons (Fsp3) is 0.0833. The SMILES string of the molecule is CC(=O)O.NC(=O)c1ccccc1N.c1cscn1. The number of rotatable bonds is 1. The lowest BCUT2D eigenvalue weighted by atomic mass is 10.2. The molecule has 0 radical (unpaired) electrons. The van der Waals surface area contributed by atoms with Gasteiger partial charge in [-0.15, -0.1) is 11.3 Å². The van der Waals surface area contributed by atoms with E-state index in [0.29, 0.717) is 11.3 Å². The van der Waals surface area contributed by atoms with Crippen molar-refractivity contribution >= 4 is 28.9 Å². The normalized spacial score (nSPS) is 8.26. The van der Waals surface area contributed by atoms with E-state index in [2.05, 4.69) is 4.98 Å². The maximum atomic E-state index is 10.6. The van der Waals surface area contributed by atoms with Crippen LogP contribution in [0.3, 0.4) is 0 Å². The summed E-state index contributed by atoms with van der Waals surface area (Å²) >= 11 is 1.60. The van der Waals surface area contributed by atoms with Gasteiger partial charge in [-0.1, -0.05) is 12.1 Å². The molecule has 0 bridgehead atoms. The van der Waals surface area contributed by atoms with Gasteiger partial charge in [-0.25, -0.2) is 0 Å². The van der Waals surface area contributed by atoms with E-state index in [9.17, 15) is 4.79 Å². The first-order valence-electron chi connectivity index (χ1n) is 5.11. The molecule has 1 heterocycles. The number of carboxylic acid groups (broad SMARTS) is 1. The third-order valence-corrected chi connectivity index (χ3v) is 2.10. The van der Waals surface area contributed by atoms with Gasteiger partial charge in [0.2, 0.25) is 0 Å². The average Bonchev–Trinajstić information content (AvgIpc) is 2.86. The van der Waals surface area contributed by atoms with E-state index in [-0.39, 0.29) is 0 Å². The van der Waals surface area contributed by atoms with Gasteiger partial charge in [-0.2, -0.15) is 0 Å². The van der Waals surface area contributed by atoms with Crippen LogP contribution in [0.25, 0.3) is 0 Å². The van der Waals surface area contributed by atoms with Crippen molar-refractivity contribution in [2.45, 2.75) is 6.92 Å². The van der Waals surface area contributed by atoms with Crippen molar-refractivity contribution in [3.8, 4) is 0 Å². The van der Waals surface area contributed by atoms with Crippen LogP contribution in [-0.4, -0.2) is 22.0 Å². The maximum Gasteiger partial charge on any atom is 0.300 e. The van der Waals surface area contributed by atoms with E-state index in [4.69, 9.17) is 21.4 Å². The van der Waals surface area contributed by atoms with Crippen LogP contribution < -0.4 is 11.5 Å². The second-order valence-electron chi connectivity index (χ2n) is 3.15. The summed E-state index contributed by atoms with van der Waals surface area (Å²) in [5.74, 6) is -1.32. The molecule has 6 nitrogen and oxygen atoms in total. The number of carboxylic acids is 1. The first kappa shape index (κ1) is 16.6. The van der Waals surface area contributed by atoms with Crippen LogP contribution in [0.1, 0.15) is 17.3 Å². The van der Waals surface area contributed by atoms with Gasteiger partial charge in [0.1, 0.15) is 0 Å². The summed E-state index contributed by atoms with van der Waals surface area (Å²) in [5.41, 5.74) is 13.0. The Hall–Kier alpha value is -2.41. The number of aromatic nitrogens is 1. The molecule has 1 amide bonds. The molecule has 102 valence electrons. The second kappa shape index (κ2) is 9.60. The van der Waals surface area contributed by atoms with Crippen LogP contribution in [0.5, 0.6) is 0 Å². The maximum absolute atomic E-state index is 10.6. The number of hydrogen-bond donors (Lipinski definition) is 3. The van der Waals surface area contributed by atoms with Gasteiger partial charge >= 0.3 is 0 Å². The summed E-state index contributed by atoms with van der Waals surface area (Å²) in [6.45, 7) is 1.08. The summed E-state index contributed by atoms with van der Waals surface area (Å²) in [4.78, 5) is 23.3. The number of amides is 1. The number of anilines is 1. The van der Waals surface area contributed by atoms with Crippen LogP contribution >= 0.6 is 11.3 Å². The minimum atomic E-state index is -0.833. The molecule has 0 aliphatic heterocycles. The highest BCUT2D eigenvalue weighted by Crippen LogP contribution is 2.08. The molecule has 7 heteroatoms. The molecule has 2 aromatic rings. The number of thiazole rings is 1. The number of carbonyl (C=O) groups is 2. The average molecular weight is 281 g/mol. The number of nitrogen functional groups attached to an aromatic ring is 1. The molecule has 0 atom stereocenters. The molecule has 0 aliphatic rings. The van der Waals surface area contributed by atoms with Gasteiger partial charge in [0, 0.05) is 24.2 Å². The van der Waals surface area contributed by atoms with E-state index in [1.165, 1.54) is 0 Å². The van der Waals surface area contributed by atoms with E-state index >= 15 is 0 Å². The zero-order valence-electron chi connectivity index (χ0n) is 10.3. The third kappa shape index (κ3) is 9.31. The number of carbonyl (C=O) groups excluding carboxylic acids is 1. The number of nitrogens with two attached hydrogens (primary N) is 2. The van der Waals surface area contributed by atoms with Crippen LogP contribution in [-0.2, 0) is 4.79 Å². The van der Waals surface area contributed by atoms with Gasteiger partial charge in [0.25, 0.3) is 11.9 Å². The van der Waals surface area contributed by atoms with Crippen molar-refractivity contribution in [2.75, 3.05) is 5.73 Å². The number of para-hydroxylation sites is 1. The lowest BCUT2D eigenvalue weighted by molar-refractivity contribution is -0.134. The Labute approximate surface area is 114 Å². The molecule has 0 fully saturated rings. The minimum Gasteiger partial charge on any atom is -0.481 e. The first-order valence-corrected chi connectivity index (χ1v) is 6.05. The highest BCUT2D eigenvalue weighted by Gasteiger charge is 2.01. The van der Waals surface area contributed by atoms with Crippen LogP contribution in [0.2, 0.25) is 0 Å². The lowest BCUT2D eigenvalue weighted by Gasteiger charge is -1.97. The van der Waals surface area contributed by atoms with E-state index < -0.39 is 11.9 Å². The van der Waals surface area contributed by atoms with Crippen LogP contribution in [0, 0.1) is 0 Å². The number of aliphatic carboxylic acids is 1.